The summed E-state index contributed by atoms with van der Waals surface area (Å²) < 4.78 is 11.5. The molecule has 1 atom stereocenters. The van der Waals surface area contributed by atoms with Gasteiger partial charge in [0.2, 0.25) is 0 Å². The van der Waals surface area contributed by atoms with E-state index < -0.39 is 5.60 Å². The zero-order valence-corrected chi connectivity index (χ0v) is 15.6. The molecule has 0 heterocycles. The lowest BCUT2D eigenvalue weighted by Gasteiger charge is -2.36. The number of carbonyl (C=O) groups is 1. The molecule has 1 aliphatic rings. The maximum Gasteiger partial charge on any atom is 0.256 e. The number of anilines is 1. The second-order valence-corrected chi connectivity index (χ2v) is 7.15. The minimum atomic E-state index is -0.688. The lowest BCUT2D eigenvalue weighted by molar-refractivity contribution is -0.142. The van der Waals surface area contributed by atoms with Crippen molar-refractivity contribution in [3.8, 4) is 5.75 Å². The molecule has 0 aliphatic heterocycles. The van der Waals surface area contributed by atoms with Crippen molar-refractivity contribution in [3.63, 3.8) is 0 Å². The third kappa shape index (κ3) is 4.29. The molecule has 0 aromatic heterocycles. The number of methoxy groups -OCH3 is 1. The molecule has 1 aromatic carbocycles. The SMILES string of the molecule is CC[C@@H](C)Oc1ccc(NC(=O)C2(OC)CCC(C)CC2)cc1C. The van der Waals surface area contributed by atoms with E-state index in [9.17, 15) is 4.79 Å². The molecule has 1 fully saturated rings. The number of aryl methyl sites for hydroxylation is 1. The summed E-state index contributed by atoms with van der Waals surface area (Å²) in [5, 5.41) is 3.03. The Kier molecular flexibility index (Phi) is 6.27. The zero-order chi connectivity index (χ0) is 17.7. The Morgan fingerprint density at radius 3 is 2.58 bits per heavy atom. The van der Waals surface area contributed by atoms with Crippen LogP contribution in [0.15, 0.2) is 18.2 Å². The Bertz CT molecular complexity index is 562. The van der Waals surface area contributed by atoms with Gasteiger partial charge in [0, 0.05) is 12.8 Å². The van der Waals surface area contributed by atoms with Crippen molar-refractivity contribution < 1.29 is 14.3 Å². The van der Waals surface area contributed by atoms with Gasteiger partial charge < -0.3 is 14.8 Å². The Morgan fingerprint density at radius 1 is 1.38 bits per heavy atom. The number of amides is 1. The molecular formula is C20H31NO3. The van der Waals surface area contributed by atoms with Gasteiger partial charge in [0.15, 0.2) is 0 Å². The Labute approximate surface area is 145 Å². The van der Waals surface area contributed by atoms with Crippen LogP contribution in [-0.4, -0.2) is 24.7 Å². The molecule has 0 spiro atoms. The van der Waals surface area contributed by atoms with E-state index in [2.05, 4.69) is 26.1 Å². The summed E-state index contributed by atoms with van der Waals surface area (Å²) in [4.78, 5) is 12.8. The summed E-state index contributed by atoms with van der Waals surface area (Å²) in [6.07, 6.45) is 4.77. The molecule has 0 unspecified atom stereocenters. The average molecular weight is 333 g/mol. The van der Waals surface area contributed by atoms with E-state index in [0.717, 1.165) is 49.1 Å². The van der Waals surface area contributed by atoms with Crippen LogP contribution < -0.4 is 10.1 Å². The quantitative estimate of drug-likeness (QED) is 0.820. The number of ether oxygens (including phenoxy) is 2. The van der Waals surface area contributed by atoms with Gasteiger partial charge in [-0.05, 0) is 75.6 Å². The van der Waals surface area contributed by atoms with Crippen LogP contribution in [-0.2, 0) is 9.53 Å². The molecular weight excluding hydrogens is 302 g/mol. The zero-order valence-electron chi connectivity index (χ0n) is 15.6. The monoisotopic (exact) mass is 333 g/mol. The van der Waals surface area contributed by atoms with Crippen LogP contribution in [0.4, 0.5) is 5.69 Å². The minimum absolute atomic E-state index is 0.0353. The third-order valence-corrected chi connectivity index (χ3v) is 5.22. The molecule has 0 radical (unpaired) electrons. The van der Waals surface area contributed by atoms with Gasteiger partial charge in [-0.25, -0.2) is 0 Å². The number of hydrogen-bond acceptors (Lipinski definition) is 3. The lowest BCUT2D eigenvalue weighted by atomic mass is 9.79. The first kappa shape index (κ1) is 18.8. The summed E-state index contributed by atoms with van der Waals surface area (Å²) in [6.45, 7) is 8.39. The van der Waals surface area contributed by atoms with E-state index in [1.54, 1.807) is 7.11 Å². The van der Waals surface area contributed by atoms with E-state index >= 15 is 0 Å². The molecule has 0 bridgehead atoms. The topological polar surface area (TPSA) is 47.6 Å². The molecule has 24 heavy (non-hydrogen) atoms. The Morgan fingerprint density at radius 2 is 2.04 bits per heavy atom. The molecule has 0 saturated heterocycles. The van der Waals surface area contributed by atoms with Gasteiger partial charge in [0.1, 0.15) is 11.4 Å². The van der Waals surface area contributed by atoms with Crippen LogP contribution in [0.1, 0.15) is 58.4 Å². The molecule has 2 rings (SSSR count). The highest BCUT2D eigenvalue weighted by Crippen LogP contribution is 2.35. The maximum atomic E-state index is 12.8. The fourth-order valence-corrected chi connectivity index (χ4v) is 3.16. The van der Waals surface area contributed by atoms with Crippen molar-refractivity contribution >= 4 is 11.6 Å². The van der Waals surface area contributed by atoms with Crippen molar-refractivity contribution in [1.82, 2.24) is 0 Å². The second kappa shape index (κ2) is 8.02. The van der Waals surface area contributed by atoms with Crippen molar-refractivity contribution in [1.29, 1.82) is 0 Å². The van der Waals surface area contributed by atoms with E-state index in [1.807, 2.05) is 25.1 Å². The van der Waals surface area contributed by atoms with Crippen LogP contribution in [0.3, 0.4) is 0 Å². The summed E-state index contributed by atoms with van der Waals surface area (Å²) in [5.74, 6) is 1.50. The normalized spacial score (nSPS) is 25.1. The average Bonchev–Trinajstić information content (AvgIpc) is 2.58. The van der Waals surface area contributed by atoms with Gasteiger partial charge in [0.25, 0.3) is 5.91 Å². The van der Waals surface area contributed by atoms with E-state index in [-0.39, 0.29) is 12.0 Å². The van der Waals surface area contributed by atoms with Gasteiger partial charge in [-0.2, -0.15) is 0 Å². The van der Waals surface area contributed by atoms with Crippen molar-refractivity contribution in [2.24, 2.45) is 5.92 Å². The highest BCUT2D eigenvalue weighted by atomic mass is 16.5. The van der Waals surface area contributed by atoms with E-state index in [0.29, 0.717) is 5.92 Å². The number of benzene rings is 1. The first-order valence-electron chi connectivity index (χ1n) is 9.04. The third-order valence-electron chi connectivity index (χ3n) is 5.22. The molecule has 1 saturated carbocycles. The summed E-state index contributed by atoms with van der Waals surface area (Å²) in [7, 11) is 1.64. The van der Waals surface area contributed by atoms with Crippen molar-refractivity contribution in [3.05, 3.63) is 23.8 Å². The smallest absolute Gasteiger partial charge is 0.256 e. The standard InChI is InChI=1S/C20H31NO3/c1-6-16(4)24-18-8-7-17(13-15(18)3)21-19(22)20(23-5)11-9-14(2)10-12-20/h7-8,13-14,16H,6,9-12H2,1-5H3,(H,21,22)/t14?,16-,20?/m1/s1. The molecule has 4 heteroatoms. The molecule has 1 N–H and O–H groups in total. The van der Waals surface area contributed by atoms with Crippen LogP contribution in [0.25, 0.3) is 0 Å². The van der Waals surface area contributed by atoms with Crippen LogP contribution >= 0.6 is 0 Å². The highest BCUT2D eigenvalue weighted by Gasteiger charge is 2.41. The summed E-state index contributed by atoms with van der Waals surface area (Å²) >= 11 is 0. The second-order valence-electron chi connectivity index (χ2n) is 7.15. The van der Waals surface area contributed by atoms with Crippen molar-refractivity contribution in [2.75, 3.05) is 12.4 Å². The van der Waals surface area contributed by atoms with Crippen LogP contribution in [0.5, 0.6) is 5.75 Å². The summed E-state index contributed by atoms with van der Waals surface area (Å²) in [5.41, 5.74) is 1.13. The molecule has 134 valence electrons. The molecule has 1 aromatic rings. The van der Waals surface area contributed by atoms with E-state index in [1.165, 1.54) is 0 Å². The predicted octanol–water partition coefficient (Wildman–Crippen LogP) is 4.71. The van der Waals surface area contributed by atoms with E-state index in [4.69, 9.17) is 9.47 Å². The van der Waals surface area contributed by atoms with Gasteiger partial charge in [-0.15, -0.1) is 0 Å². The Balaban J connectivity index is 2.07. The highest BCUT2D eigenvalue weighted by molar-refractivity contribution is 5.97. The molecule has 1 aliphatic carbocycles. The first-order chi connectivity index (χ1) is 11.4. The van der Waals surface area contributed by atoms with Crippen LogP contribution in [0.2, 0.25) is 0 Å². The number of carbonyl (C=O) groups excluding carboxylic acids is 1. The number of rotatable bonds is 6. The minimum Gasteiger partial charge on any atom is -0.490 e. The lowest BCUT2D eigenvalue weighted by Crippen LogP contribution is -2.47. The summed E-state index contributed by atoms with van der Waals surface area (Å²) in [6, 6.07) is 5.79. The van der Waals surface area contributed by atoms with Crippen LogP contribution in [0, 0.1) is 12.8 Å². The molecule has 4 nitrogen and oxygen atoms in total. The Hall–Kier alpha value is -1.55. The fraction of sp³-hybridized carbons (Fsp3) is 0.650. The van der Waals surface area contributed by atoms with Crippen molar-refractivity contribution in [2.45, 2.75) is 71.5 Å². The number of nitrogens with one attached hydrogen (secondary N) is 1. The predicted molar refractivity (Wildman–Crippen MR) is 97.6 cm³/mol. The van der Waals surface area contributed by atoms with Gasteiger partial charge in [-0.3, -0.25) is 4.79 Å². The molecule has 1 amide bonds. The fourth-order valence-electron chi connectivity index (χ4n) is 3.16. The first-order valence-corrected chi connectivity index (χ1v) is 9.04. The largest absolute Gasteiger partial charge is 0.490 e. The van der Waals surface area contributed by atoms with Gasteiger partial charge >= 0.3 is 0 Å². The maximum absolute atomic E-state index is 12.8. The number of hydrogen-bond donors (Lipinski definition) is 1. The van der Waals surface area contributed by atoms with Gasteiger partial charge in [0.05, 0.1) is 6.10 Å². The van der Waals surface area contributed by atoms with Gasteiger partial charge in [-0.1, -0.05) is 13.8 Å².